The third-order valence-corrected chi connectivity index (χ3v) is 2.67. The van der Waals surface area contributed by atoms with Crippen LogP contribution in [-0.4, -0.2) is 40.8 Å². The predicted molar refractivity (Wildman–Crippen MR) is 82.3 cm³/mol. The van der Waals surface area contributed by atoms with Crippen LogP contribution in [0.3, 0.4) is 0 Å². The molecule has 21 heavy (non-hydrogen) atoms. The van der Waals surface area contributed by atoms with Gasteiger partial charge in [0.15, 0.2) is 5.82 Å². The Kier molecular flexibility index (Phi) is 6.29. The smallest absolute Gasteiger partial charge is 0.243 e. The van der Waals surface area contributed by atoms with Crippen molar-refractivity contribution in [3.8, 4) is 11.4 Å². The Bertz CT molecular complexity index is 602. The maximum atomic E-state index is 11.8. The molecule has 0 saturated heterocycles. The van der Waals surface area contributed by atoms with Crippen LogP contribution in [0, 0.1) is 6.92 Å². The van der Waals surface area contributed by atoms with Gasteiger partial charge in [0, 0.05) is 18.4 Å². The molecule has 0 radical (unpaired) electrons. The van der Waals surface area contributed by atoms with Crippen molar-refractivity contribution in [1.82, 2.24) is 15.2 Å². The first-order valence-corrected chi connectivity index (χ1v) is 6.15. The highest BCUT2D eigenvalue weighted by atomic mass is 35.5. The van der Waals surface area contributed by atoms with Crippen LogP contribution in [0.25, 0.3) is 11.4 Å². The Balaban J connectivity index is 0.00000220. The Labute approximate surface area is 128 Å². The number of hydrogen-bond acceptors (Lipinski definition) is 5. The molecule has 1 aromatic carbocycles. The summed E-state index contributed by atoms with van der Waals surface area (Å²) in [5, 5.41) is 9.59. The maximum Gasteiger partial charge on any atom is 0.243 e. The molecule has 1 heterocycles. The van der Waals surface area contributed by atoms with Crippen LogP contribution >= 0.6 is 12.4 Å². The molecule has 8 heteroatoms. The minimum absolute atomic E-state index is 0. The lowest BCUT2D eigenvalue weighted by Gasteiger charge is -2.11. The van der Waals surface area contributed by atoms with Crippen molar-refractivity contribution in [1.29, 1.82) is 0 Å². The van der Waals surface area contributed by atoms with Gasteiger partial charge in [-0.15, -0.1) is 12.4 Å². The molecule has 0 aliphatic rings. The molecule has 114 valence electrons. The zero-order chi connectivity index (χ0) is 14.5. The molecule has 4 N–H and O–H groups in total. The zero-order valence-corrected chi connectivity index (χ0v) is 12.6. The number of methoxy groups -OCH3 is 1. The Morgan fingerprint density at radius 2 is 2.29 bits per heavy atom. The Morgan fingerprint density at radius 1 is 1.52 bits per heavy atom. The van der Waals surface area contributed by atoms with E-state index in [1.807, 2.05) is 19.1 Å². The summed E-state index contributed by atoms with van der Waals surface area (Å²) < 4.78 is 4.85. The fourth-order valence-corrected chi connectivity index (χ4v) is 1.70. The second kappa shape index (κ2) is 7.72. The van der Waals surface area contributed by atoms with Crippen LogP contribution in [-0.2, 0) is 9.53 Å². The molecule has 2 aromatic rings. The summed E-state index contributed by atoms with van der Waals surface area (Å²) in [6.07, 6.45) is 0. The average molecular weight is 312 g/mol. The minimum Gasteiger partial charge on any atom is -0.383 e. The molecule has 0 spiro atoms. The van der Waals surface area contributed by atoms with E-state index in [4.69, 9.17) is 10.5 Å². The first-order valence-electron chi connectivity index (χ1n) is 6.15. The van der Waals surface area contributed by atoms with Crippen molar-refractivity contribution < 1.29 is 9.53 Å². The molecule has 2 rings (SSSR count). The molecular formula is C13H18ClN5O2. The second-order valence-corrected chi connectivity index (χ2v) is 4.38. The van der Waals surface area contributed by atoms with Crippen LogP contribution < -0.4 is 11.1 Å². The van der Waals surface area contributed by atoms with Crippen molar-refractivity contribution in [2.24, 2.45) is 5.73 Å². The number of carbonyl (C=O) groups excluding carboxylic acids is 1. The van der Waals surface area contributed by atoms with Gasteiger partial charge in [0.25, 0.3) is 0 Å². The van der Waals surface area contributed by atoms with Gasteiger partial charge >= 0.3 is 0 Å². The highest BCUT2D eigenvalue weighted by Crippen LogP contribution is 2.19. The number of benzene rings is 1. The number of H-pyrrole nitrogens is 1. The molecule has 1 aromatic heterocycles. The third-order valence-electron chi connectivity index (χ3n) is 2.67. The van der Waals surface area contributed by atoms with Crippen LogP contribution in [0.4, 0.5) is 5.69 Å². The van der Waals surface area contributed by atoms with Gasteiger partial charge in [-0.1, -0.05) is 12.1 Å². The topological polar surface area (TPSA) is 106 Å². The van der Waals surface area contributed by atoms with E-state index in [0.29, 0.717) is 11.5 Å². The Morgan fingerprint density at radius 3 is 2.90 bits per heavy atom. The van der Waals surface area contributed by atoms with Gasteiger partial charge in [-0.05, 0) is 19.1 Å². The normalized spacial score (nSPS) is 11.6. The summed E-state index contributed by atoms with van der Waals surface area (Å²) in [5.41, 5.74) is 7.11. The number of ether oxygens (including phenoxy) is 1. The van der Waals surface area contributed by atoms with E-state index in [2.05, 4.69) is 20.5 Å². The number of amides is 1. The van der Waals surface area contributed by atoms with Crippen molar-refractivity contribution in [2.45, 2.75) is 13.0 Å². The summed E-state index contributed by atoms with van der Waals surface area (Å²) >= 11 is 0. The minimum atomic E-state index is -0.700. The van der Waals surface area contributed by atoms with E-state index in [1.165, 1.54) is 7.11 Å². The van der Waals surface area contributed by atoms with E-state index in [-0.39, 0.29) is 24.9 Å². The fourth-order valence-electron chi connectivity index (χ4n) is 1.70. The second-order valence-electron chi connectivity index (χ2n) is 4.38. The summed E-state index contributed by atoms with van der Waals surface area (Å²) in [4.78, 5) is 16.0. The van der Waals surface area contributed by atoms with Crippen molar-refractivity contribution in [3.63, 3.8) is 0 Å². The lowest BCUT2D eigenvalue weighted by atomic mass is 10.2. The summed E-state index contributed by atoms with van der Waals surface area (Å²) in [7, 11) is 1.50. The number of nitrogens with zero attached hydrogens (tertiary/aromatic N) is 2. The number of aromatic nitrogens is 3. The van der Waals surface area contributed by atoms with Gasteiger partial charge in [0.1, 0.15) is 11.9 Å². The van der Waals surface area contributed by atoms with Crippen molar-refractivity contribution in [3.05, 3.63) is 30.1 Å². The molecule has 0 fully saturated rings. The summed E-state index contributed by atoms with van der Waals surface area (Å²) in [6.45, 7) is 2.00. The number of anilines is 1. The average Bonchev–Trinajstić information content (AvgIpc) is 2.86. The van der Waals surface area contributed by atoms with E-state index < -0.39 is 6.04 Å². The molecule has 0 saturated carbocycles. The number of hydrogen-bond donors (Lipinski definition) is 3. The Hall–Kier alpha value is -1.96. The number of nitrogens with one attached hydrogen (secondary N) is 2. The monoisotopic (exact) mass is 311 g/mol. The van der Waals surface area contributed by atoms with Crippen molar-refractivity contribution >= 4 is 24.0 Å². The number of aromatic amines is 1. The lowest BCUT2D eigenvalue weighted by Crippen LogP contribution is -2.39. The SMILES string of the molecule is COCC(N)C(=O)Nc1cccc(-c2n[nH]c(C)n2)c1.Cl. The first-order chi connectivity index (χ1) is 9.60. The highest BCUT2D eigenvalue weighted by Gasteiger charge is 2.13. The third kappa shape index (κ3) is 4.52. The van der Waals surface area contributed by atoms with E-state index >= 15 is 0 Å². The van der Waals surface area contributed by atoms with Gasteiger partial charge in [-0.2, -0.15) is 5.10 Å². The summed E-state index contributed by atoms with van der Waals surface area (Å²) in [6, 6.07) is 6.56. The molecule has 1 amide bonds. The zero-order valence-electron chi connectivity index (χ0n) is 11.8. The van der Waals surface area contributed by atoms with Gasteiger partial charge < -0.3 is 15.8 Å². The van der Waals surface area contributed by atoms with Crippen LogP contribution in [0.2, 0.25) is 0 Å². The molecule has 0 bridgehead atoms. The van der Waals surface area contributed by atoms with Crippen LogP contribution in [0.5, 0.6) is 0 Å². The molecule has 1 atom stereocenters. The molecule has 0 aliphatic heterocycles. The van der Waals surface area contributed by atoms with Gasteiger partial charge in [-0.3, -0.25) is 9.89 Å². The maximum absolute atomic E-state index is 11.8. The van der Waals surface area contributed by atoms with E-state index in [9.17, 15) is 4.79 Å². The lowest BCUT2D eigenvalue weighted by molar-refractivity contribution is -0.118. The predicted octanol–water partition coefficient (Wildman–Crippen LogP) is 1.11. The number of nitrogens with two attached hydrogens (primary N) is 1. The number of rotatable bonds is 5. The van der Waals surface area contributed by atoms with E-state index in [0.717, 1.165) is 11.4 Å². The van der Waals surface area contributed by atoms with Gasteiger partial charge in [0.2, 0.25) is 5.91 Å². The fraction of sp³-hybridized carbons (Fsp3) is 0.308. The largest absolute Gasteiger partial charge is 0.383 e. The summed E-state index contributed by atoms with van der Waals surface area (Å²) in [5.74, 6) is 1.02. The number of carbonyl (C=O) groups is 1. The number of halogens is 1. The van der Waals surface area contributed by atoms with Gasteiger partial charge in [0.05, 0.1) is 6.61 Å². The van der Waals surface area contributed by atoms with E-state index in [1.54, 1.807) is 12.1 Å². The number of aryl methyl sites for hydroxylation is 1. The van der Waals surface area contributed by atoms with Crippen LogP contribution in [0.1, 0.15) is 5.82 Å². The molecule has 0 aliphatic carbocycles. The van der Waals surface area contributed by atoms with Crippen molar-refractivity contribution in [2.75, 3.05) is 19.0 Å². The van der Waals surface area contributed by atoms with Crippen LogP contribution in [0.15, 0.2) is 24.3 Å². The first kappa shape index (κ1) is 17.1. The van der Waals surface area contributed by atoms with Gasteiger partial charge in [-0.25, -0.2) is 4.98 Å². The molecule has 7 nitrogen and oxygen atoms in total. The molecule has 1 unspecified atom stereocenters. The molecular weight excluding hydrogens is 294 g/mol. The quantitative estimate of drug-likeness (QED) is 0.767. The highest BCUT2D eigenvalue weighted by molar-refractivity contribution is 5.95. The standard InChI is InChI=1S/C13H17N5O2.ClH/c1-8-15-12(18-17-8)9-4-3-5-10(6-9)16-13(19)11(14)7-20-2;/h3-6,11H,7,14H2,1-2H3,(H,16,19)(H,15,17,18);1H.